The monoisotopic (exact) mass is 429 g/mol. The van der Waals surface area contributed by atoms with Crippen LogP contribution in [0.4, 0.5) is 15.8 Å². The first-order valence-corrected chi connectivity index (χ1v) is 9.93. The summed E-state index contributed by atoms with van der Waals surface area (Å²) in [6.07, 6.45) is -0.00254. The molecule has 2 amide bonds. The number of methoxy groups -OCH3 is 1. The highest BCUT2D eigenvalue weighted by molar-refractivity contribution is 7.99. The Labute approximate surface area is 176 Å². The van der Waals surface area contributed by atoms with Gasteiger partial charge in [-0.25, -0.2) is 4.39 Å². The van der Waals surface area contributed by atoms with Gasteiger partial charge in [-0.3, -0.25) is 9.59 Å². The molecule has 30 heavy (non-hydrogen) atoms. The molecule has 0 aliphatic carbocycles. The molecule has 1 aromatic heterocycles. The number of ether oxygens (including phenoxy) is 1. The first kappa shape index (κ1) is 21.3. The van der Waals surface area contributed by atoms with Gasteiger partial charge in [0.05, 0.1) is 19.3 Å². The van der Waals surface area contributed by atoms with Gasteiger partial charge in [0.25, 0.3) is 0 Å². The van der Waals surface area contributed by atoms with Crippen LogP contribution < -0.4 is 15.4 Å². The fourth-order valence-electron chi connectivity index (χ4n) is 2.53. The van der Waals surface area contributed by atoms with Gasteiger partial charge >= 0.3 is 0 Å². The van der Waals surface area contributed by atoms with Crippen molar-refractivity contribution in [3.05, 3.63) is 60.2 Å². The van der Waals surface area contributed by atoms with Crippen LogP contribution in [0.1, 0.15) is 5.82 Å². The van der Waals surface area contributed by atoms with Crippen molar-refractivity contribution in [2.75, 3.05) is 23.5 Å². The molecule has 2 N–H and O–H groups in total. The smallest absolute Gasteiger partial charge is 0.234 e. The quantitative estimate of drug-likeness (QED) is 0.535. The number of aromatic nitrogens is 3. The molecule has 8 nitrogen and oxygen atoms in total. The molecule has 0 atom stereocenters. The minimum absolute atomic E-state index is 0.00254. The van der Waals surface area contributed by atoms with E-state index in [0.29, 0.717) is 28.1 Å². The van der Waals surface area contributed by atoms with E-state index in [2.05, 4.69) is 20.8 Å². The molecule has 0 aliphatic rings. The highest BCUT2D eigenvalue weighted by atomic mass is 32.2. The Morgan fingerprint density at radius 3 is 2.53 bits per heavy atom. The van der Waals surface area contributed by atoms with E-state index in [4.69, 9.17) is 4.74 Å². The zero-order valence-electron chi connectivity index (χ0n) is 16.4. The summed E-state index contributed by atoms with van der Waals surface area (Å²) in [5.74, 6) is 0.350. The maximum absolute atomic E-state index is 12.9. The van der Waals surface area contributed by atoms with Crippen LogP contribution in [0.25, 0.3) is 0 Å². The van der Waals surface area contributed by atoms with Gasteiger partial charge < -0.3 is 19.9 Å². The summed E-state index contributed by atoms with van der Waals surface area (Å²) in [6, 6.07) is 12.6. The van der Waals surface area contributed by atoms with E-state index in [1.807, 2.05) is 0 Å². The summed E-state index contributed by atoms with van der Waals surface area (Å²) in [5.41, 5.74) is 1.13. The number of nitrogens with zero attached hydrogens (tertiary/aromatic N) is 3. The number of amides is 2. The van der Waals surface area contributed by atoms with Crippen molar-refractivity contribution in [2.24, 2.45) is 7.05 Å². The van der Waals surface area contributed by atoms with E-state index in [1.54, 1.807) is 43.0 Å². The number of nitrogens with one attached hydrogen (secondary N) is 2. The van der Waals surface area contributed by atoms with Gasteiger partial charge in [0, 0.05) is 24.5 Å². The number of rotatable bonds is 8. The molecule has 1 heterocycles. The third-order valence-corrected chi connectivity index (χ3v) is 5.08. The van der Waals surface area contributed by atoms with Crippen LogP contribution in [0.15, 0.2) is 53.7 Å². The topological polar surface area (TPSA) is 98.1 Å². The Kier molecular flexibility index (Phi) is 7.02. The molecule has 3 aromatic rings. The molecule has 3 rings (SSSR count). The molecular formula is C20H20FN5O3S. The lowest BCUT2D eigenvalue weighted by molar-refractivity contribution is -0.116. The molecule has 0 spiro atoms. The zero-order valence-corrected chi connectivity index (χ0v) is 17.2. The van der Waals surface area contributed by atoms with E-state index >= 15 is 0 Å². The largest absolute Gasteiger partial charge is 0.497 e. The van der Waals surface area contributed by atoms with Crippen LogP contribution in [0, 0.1) is 5.82 Å². The van der Waals surface area contributed by atoms with Gasteiger partial charge in [-0.05, 0) is 36.4 Å². The second kappa shape index (κ2) is 9.88. The van der Waals surface area contributed by atoms with Crippen molar-refractivity contribution in [2.45, 2.75) is 11.6 Å². The average molecular weight is 429 g/mol. The van der Waals surface area contributed by atoms with Gasteiger partial charge in [0.15, 0.2) is 5.16 Å². The molecule has 0 aliphatic heterocycles. The number of halogens is 1. The van der Waals surface area contributed by atoms with Gasteiger partial charge in [-0.1, -0.05) is 17.8 Å². The number of carbonyl (C=O) groups excluding carboxylic acids is 2. The molecule has 0 fully saturated rings. The summed E-state index contributed by atoms with van der Waals surface area (Å²) >= 11 is 1.21. The maximum Gasteiger partial charge on any atom is 0.234 e. The molecule has 2 aromatic carbocycles. The fraction of sp³-hybridized carbons (Fsp3) is 0.200. The van der Waals surface area contributed by atoms with E-state index in [9.17, 15) is 14.0 Å². The Bertz CT molecular complexity index is 1040. The SMILES string of the molecule is COc1cccc(NC(=O)CSc2nnc(CC(=O)Nc3ccc(F)cc3)n2C)c1. The van der Waals surface area contributed by atoms with Gasteiger partial charge in [-0.2, -0.15) is 0 Å². The van der Waals surface area contributed by atoms with Crippen LogP contribution >= 0.6 is 11.8 Å². The van der Waals surface area contributed by atoms with Gasteiger partial charge in [0.1, 0.15) is 17.4 Å². The summed E-state index contributed by atoms with van der Waals surface area (Å²) in [5, 5.41) is 14.0. The van der Waals surface area contributed by atoms with Gasteiger partial charge in [-0.15, -0.1) is 10.2 Å². The number of hydrogen-bond donors (Lipinski definition) is 2. The minimum atomic E-state index is -0.376. The minimum Gasteiger partial charge on any atom is -0.497 e. The predicted octanol–water partition coefficient (Wildman–Crippen LogP) is 2.87. The van der Waals surface area contributed by atoms with Gasteiger partial charge in [0.2, 0.25) is 11.8 Å². The van der Waals surface area contributed by atoms with Crippen molar-refractivity contribution < 1.29 is 18.7 Å². The molecule has 156 valence electrons. The lowest BCUT2D eigenvalue weighted by Gasteiger charge is -2.07. The Morgan fingerprint density at radius 2 is 1.80 bits per heavy atom. The zero-order chi connectivity index (χ0) is 21.5. The van der Waals surface area contributed by atoms with Crippen LogP contribution in [0.2, 0.25) is 0 Å². The van der Waals surface area contributed by atoms with E-state index in [1.165, 1.54) is 36.0 Å². The highest BCUT2D eigenvalue weighted by Crippen LogP contribution is 2.19. The Hall–Kier alpha value is -3.40. The number of benzene rings is 2. The van der Waals surface area contributed by atoms with E-state index in [-0.39, 0.29) is 29.8 Å². The van der Waals surface area contributed by atoms with E-state index < -0.39 is 0 Å². The van der Waals surface area contributed by atoms with Crippen molar-refractivity contribution in [1.82, 2.24) is 14.8 Å². The Morgan fingerprint density at radius 1 is 1.07 bits per heavy atom. The molecule has 0 saturated carbocycles. The molecular weight excluding hydrogens is 409 g/mol. The number of thioether (sulfide) groups is 1. The van der Waals surface area contributed by atoms with Crippen molar-refractivity contribution in [3.8, 4) is 5.75 Å². The molecule has 0 bridgehead atoms. The highest BCUT2D eigenvalue weighted by Gasteiger charge is 2.15. The first-order valence-electron chi connectivity index (χ1n) is 8.95. The summed E-state index contributed by atoms with van der Waals surface area (Å²) < 4.78 is 19.7. The van der Waals surface area contributed by atoms with Crippen molar-refractivity contribution in [1.29, 1.82) is 0 Å². The first-order chi connectivity index (χ1) is 14.4. The second-order valence-electron chi connectivity index (χ2n) is 6.26. The summed E-state index contributed by atoms with van der Waals surface area (Å²) in [7, 11) is 3.28. The lowest BCUT2D eigenvalue weighted by atomic mass is 10.3. The van der Waals surface area contributed by atoms with Crippen molar-refractivity contribution in [3.63, 3.8) is 0 Å². The van der Waals surface area contributed by atoms with Crippen LogP contribution in [-0.2, 0) is 23.1 Å². The second-order valence-corrected chi connectivity index (χ2v) is 7.20. The predicted molar refractivity (Wildman–Crippen MR) is 112 cm³/mol. The normalized spacial score (nSPS) is 10.5. The molecule has 10 heteroatoms. The molecule has 0 saturated heterocycles. The standard InChI is InChI=1S/C20H20FN5O3S/c1-26-17(11-18(27)22-14-8-6-13(21)7-9-14)24-25-20(26)30-12-19(28)23-15-4-3-5-16(10-15)29-2/h3-10H,11-12H2,1-2H3,(H,22,27)(H,23,28). The summed E-state index contributed by atoms with van der Waals surface area (Å²) in [4.78, 5) is 24.4. The lowest BCUT2D eigenvalue weighted by Crippen LogP contribution is -2.17. The van der Waals surface area contributed by atoms with Crippen LogP contribution in [-0.4, -0.2) is 39.4 Å². The fourth-order valence-corrected chi connectivity index (χ4v) is 3.26. The van der Waals surface area contributed by atoms with Crippen LogP contribution in [0.3, 0.4) is 0 Å². The third kappa shape index (κ3) is 5.80. The van der Waals surface area contributed by atoms with Crippen LogP contribution in [0.5, 0.6) is 5.75 Å². The average Bonchev–Trinajstić information content (AvgIpc) is 3.07. The molecule has 0 unspecified atom stereocenters. The van der Waals surface area contributed by atoms with Crippen molar-refractivity contribution >= 4 is 35.0 Å². The number of anilines is 2. The third-order valence-electron chi connectivity index (χ3n) is 4.06. The Balaban J connectivity index is 1.52. The summed E-state index contributed by atoms with van der Waals surface area (Å²) in [6.45, 7) is 0. The number of carbonyl (C=O) groups is 2. The maximum atomic E-state index is 12.9. The molecule has 0 radical (unpaired) electrons. The van der Waals surface area contributed by atoms with E-state index in [0.717, 1.165) is 0 Å². The number of hydrogen-bond acceptors (Lipinski definition) is 6.